The first-order chi connectivity index (χ1) is 12.3. The second-order valence-electron chi connectivity index (χ2n) is 5.85. The van der Waals surface area contributed by atoms with Crippen LogP contribution in [-0.2, 0) is 9.53 Å². The number of carbonyl (C=O) groups excluding carboxylic acids is 1. The van der Waals surface area contributed by atoms with E-state index in [4.69, 9.17) is 9.47 Å². The predicted molar refractivity (Wildman–Crippen MR) is 97.8 cm³/mol. The van der Waals surface area contributed by atoms with E-state index in [1.807, 2.05) is 66.4 Å². The van der Waals surface area contributed by atoms with Crippen molar-refractivity contribution >= 4 is 11.6 Å². The minimum absolute atomic E-state index is 0.0563. The Kier molecular flexibility index (Phi) is 5.90. The topological polar surface area (TPSA) is 50.8 Å². The van der Waals surface area contributed by atoms with E-state index in [0.717, 1.165) is 17.0 Å². The molecule has 1 aliphatic rings. The summed E-state index contributed by atoms with van der Waals surface area (Å²) in [6.45, 7) is 4.94. The van der Waals surface area contributed by atoms with Crippen LogP contribution in [0.15, 0.2) is 54.6 Å². The van der Waals surface area contributed by atoms with E-state index < -0.39 is 6.04 Å². The maximum absolute atomic E-state index is 13.1. The van der Waals surface area contributed by atoms with Crippen molar-refractivity contribution < 1.29 is 14.3 Å². The molecule has 1 atom stereocenters. The zero-order valence-corrected chi connectivity index (χ0v) is 14.5. The van der Waals surface area contributed by atoms with Gasteiger partial charge in [0.15, 0.2) is 0 Å². The number of morpholine rings is 1. The molecule has 1 saturated heterocycles. The molecule has 0 bridgehead atoms. The number of ether oxygens (including phenoxy) is 2. The lowest BCUT2D eigenvalue weighted by Gasteiger charge is -2.31. The molecule has 5 nitrogen and oxygen atoms in total. The number of para-hydroxylation sites is 2. The third kappa shape index (κ3) is 4.31. The van der Waals surface area contributed by atoms with Gasteiger partial charge in [0.05, 0.1) is 25.5 Å². The van der Waals surface area contributed by atoms with Gasteiger partial charge in [0.25, 0.3) is 0 Å². The molecule has 132 valence electrons. The first kappa shape index (κ1) is 17.3. The van der Waals surface area contributed by atoms with Gasteiger partial charge in [0.2, 0.25) is 5.91 Å². The summed E-state index contributed by atoms with van der Waals surface area (Å²) in [5, 5.41) is 3.39. The van der Waals surface area contributed by atoms with Gasteiger partial charge < -0.3 is 19.7 Å². The Labute approximate surface area is 148 Å². The maximum atomic E-state index is 13.1. The second kappa shape index (κ2) is 8.53. The predicted octanol–water partition coefficient (Wildman–Crippen LogP) is 3.10. The molecule has 1 amide bonds. The van der Waals surface area contributed by atoms with E-state index in [9.17, 15) is 4.79 Å². The molecule has 1 heterocycles. The van der Waals surface area contributed by atoms with Crippen LogP contribution in [0.25, 0.3) is 0 Å². The summed E-state index contributed by atoms with van der Waals surface area (Å²) in [6.07, 6.45) is 0. The monoisotopic (exact) mass is 340 g/mol. The van der Waals surface area contributed by atoms with E-state index in [-0.39, 0.29) is 5.91 Å². The van der Waals surface area contributed by atoms with Gasteiger partial charge in [0.1, 0.15) is 11.8 Å². The number of carbonyl (C=O) groups is 1. The van der Waals surface area contributed by atoms with Crippen LogP contribution in [0.3, 0.4) is 0 Å². The number of benzene rings is 2. The average molecular weight is 340 g/mol. The number of nitrogens with one attached hydrogen (secondary N) is 1. The van der Waals surface area contributed by atoms with Crippen molar-refractivity contribution in [2.75, 3.05) is 38.2 Å². The quantitative estimate of drug-likeness (QED) is 0.878. The van der Waals surface area contributed by atoms with Crippen molar-refractivity contribution in [1.29, 1.82) is 0 Å². The summed E-state index contributed by atoms with van der Waals surface area (Å²) in [6, 6.07) is 17.0. The Morgan fingerprint density at radius 2 is 1.80 bits per heavy atom. The standard InChI is InChI=1S/C20H24N2O3/c1-2-25-18-11-7-6-10-17(18)21-19(16-8-4-3-5-9-16)20(23)22-12-14-24-15-13-22/h3-11,19,21H,2,12-15H2,1H3/t19-/m0/s1. The Morgan fingerprint density at radius 3 is 2.52 bits per heavy atom. The minimum atomic E-state index is -0.457. The van der Waals surface area contributed by atoms with E-state index in [0.29, 0.717) is 32.9 Å². The molecular formula is C20H24N2O3. The lowest BCUT2D eigenvalue weighted by Crippen LogP contribution is -2.44. The van der Waals surface area contributed by atoms with Gasteiger partial charge in [-0.3, -0.25) is 4.79 Å². The highest BCUT2D eigenvalue weighted by Gasteiger charge is 2.27. The maximum Gasteiger partial charge on any atom is 0.249 e. The van der Waals surface area contributed by atoms with Crippen LogP contribution in [-0.4, -0.2) is 43.7 Å². The van der Waals surface area contributed by atoms with Crippen LogP contribution in [0.4, 0.5) is 5.69 Å². The van der Waals surface area contributed by atoms with Crippen LogP contribution in [0.5, 0.6) is 5.75 Å². The zero-order chi connectivity index (χ0) is 17.5. The third-order valence-corrected chi connectivity index (χ3v) is 4.19. The van der Waals surface area contributed by atoms with E-state index in [1.165, 1.54) is 0 Å². The Bertz CT molecular complexity index is 684. The Balaban J connectivity index is 1.88. The highest BCUT2D eigenvalue weighted by Crippen LogP contribution is 2.29. The fourth-order valence-electron chi connectivity index (χ4n) is 2.92. The van der Waals surface area contributed by atoms with Crippen molar-refractivity contribution in [3.8, 4) is 5.75 Å². The van der Waals surface area contributed by atoms with Gasteiger partial charge in [0, 0.05) is 13.1 Å². The Hall–Kier alpha value is -2.53. The van der Waals surface area contributed by atoms with Crippen LogP contribution in [0.1, 0.15) is 18.5 Å². The van der Waals surface area contributed by atoms with Gasteiger partial charge in [-0.05, 0) is 24.6 Å². The van der Waals surface area contributed by atoms with Gasteiger partial charge in [-0.15, -0.1) is 0 Å². The summed E-state index contributed by atoms with van der Waals surface area (Å²) >= 11 is 0. The number of hydrogen-bond donors (Lipinski definition) is 1. The third-order valence-electron chi connectivity index (χ3n) is 4.19. The van der Waals surface area contributed by atoms with Gasteiger partial charge in [-0.2, -0.15) is 0 Å². The molecule has 0 aliphatic carbocycles. The molecule has 0 aromatic heterocycles. The summed E-state index contributed by atoms with van der Waals surface area (Å²) in [4.78, 5) is 15.0. The molecule has 25 heavy (non-hydrogen) atoms. The lowest BCUT2D eigenvalue weighted by molar-refractivity contribution is -0.136. The van der Waals surface area contributed by atoms with Gasteiger partial charge >= 0.3 is 0 Å². The fourth-order valence-corrected chi connectivity index (χ4v) is 2.92. The van der Waals surface area contributed by atoms with Gasteiger partial charge in [-0.1, -0.05) is 42.5 Å². The van der Waals surface area contributed by atoms with Crippen LogP contribution < -0.4 is 10.1 Å². The van der Waals surface area contributed by atoms with Crippen molar-refractivity contribution in [3.63, 3.8) is 0 Å². The highest BCUT2D eigenvalue weighted by molar-refractivity contribution is 5.86. The van der Waals surface area contributed by atoms with Crippen LogP contribution >= 0.6 is 0 Å². The molecular weight excluding hydrogens is 316 g/mol. The number of anilines is 1. The molecule has 5 heteroatoms. The van der Waals surface area contributed by atoms with E-state index >= 15 is 0 Å². The molecule has 0 unspecified atom stereocenters. The molecule has 0 spiro atoms. The van der Waals surface area contributed by atoms with Crippen molar-refractivity contribution in [3.05, 3.63) is 60.2 Å². The summed E-state index contributed by atoms with van der Waals surface area (Å²) in [5.74, 6) is 0.807. The van der Waals surface area contributed by atoms with Crippen LogP contribution in [0.2, 0.25) is 0 Å². The number of rotatable bonds is 6. The van der Waals surface area contributed by atoms with E-state index in [1.54, 1.807) is 0 Å². The fraction of sp³-hybridized carbons (Fsp3) is 0.350. The number of amides is 1. The zero-order valence-electron chi connectivity index (χ0n) is 14.5. The van der Waals surface area contributed by atoms with Crippen LogP contribution in [0, 0.1) is 0 Å². The van der Waals surface area contributed by atoms with Crippen molar-refractivity contribution in [1.82, 2.24) is 4.90 Å². The summed E-state index contributed by atoms with van der Waals surface area (Å²) < 4.78 is 11.1. The van der Waals surface area contributed by atoms with Crippen molar-refractivity contribution in [2.45, 2.75) is 13.0 Å². The largest absolute Gasteiger partial charge is 0.492 e. The second-order valence-corrected chi connectivity index (χ2v) is 5.85. The number of nitrogens with zero attached hydrogens (tertiary/aromatic N) is 1. The first-order valence-corrected chi connectivity index (χ1v) is 8.69. The first-order valence-electron chi connectivity index (χ1n) is 8.69. The molecule has 1 N–H and O–H groups in total. The molecule has 3 rings (SSSR count). The molecule has 2 aromatic carbocycles. The minimum Gasteiger partial charge on any atom is -0.492 e. The molecule has 0 saturated carbocycles. The number of hydrogen-bond acceptors (Lipinski definition) is 4. The molecule has 1 fully saturated rings. The molecule has 1 aliphatic heterocycles. The highest BCUT2D eigenvalue weighted by atomic mass is 16.5. The van der Waals surface area contributed by atoms with Crippen molar-refractivity contribution in [2.24, 2.45) is 0 Å². The smallest absolute Gasteiger partial charge is 0.249 e. The molecule has 0 radical (unpaired) electrons. The van der Waals surface area contributed by atoms with E-state index in [2.05, 4.69) is 5.32 Å². The SMILES string of the molecule is CCOc1ccccc1N[C@H](C(=O)N1CCOCC1)c1ccccc1. The average Bonchev–Trinajstić information content (AvgIpc) is 2.68. The molecule has 2 aromatic rings. The lowest BCUT2D eigenvalue weighted by atomic mass is 10.0. The summed E-state index contributed by atoms with van der Waals surface area (Å²) in [5.41, 5.74) is 1.75. The normalized spacial score (nSPS) is 15.5. The Morgan fingerprint density at radius 1 is 1.12 bits per heavy atom. The summed E-state index contributed by atoms with van der Waals surface area (Å²) in [7, 11) is 0. The van der Waals surface area contributed by atoms with Gasteiger partial charge in [-0.25, -0.2) is 0 Å².